The lowest BCUT2D eigenvalue weighted by molar-refractivity contribution is 0.660. The molecule has 0 amide bonds. The van der Waals surface area contributed by atoms with Gasteiger partial charge in [0.05, 0.1) is 5.69 Å². The Balaban J connectivity index is 0.891. The summed E-state index contributed by atoms with van der Waals surface area (Å²) >= 11 is 1.88. The summed E-state index contributed by atoms with van der Waals surface area (Å²) in [6.07, 6.45) is 0. The van der Waals surface area contributed by atoms with Crippen molar-refractivity contribution in [2.75, 3.05) is 9.80 Å². The fourth-order valence-electron chi connectivity index (χ4n) is 11.8. The van der Waals surface area contributed by atoms with Gasteiger partial charge in [-0.1, -0.05) is 214 Å². The van der Waals surface area contributed by atoms with Crippen molar-refractivity contribution in [1.29, 1.82) is 0 Å². The van der Waals surface area contributed by atoms with Crippen molar-refractivity contribution in [3.05, 3.63) is 278 Å². The van der Waals surface area contributed by atoms with Gasteiger partial charge >= 0.3 is 0 Å². The van der Waals surface area contributed by atoms with Crippen LogP contribution in [0.1, 0.15) is 25.0 Å². The second-order valence-corrected chi connectivity index (χ2v) is 21.2. The molecular formula is C71H50N2S. The molecule has 1 aliphatic heterocycles. The number of rotatable bonds is 9. The minimum Gasteiger partial charge on any atom is -0.310 e. The second-order valence-electron chi connectivity index (χ2n) is 20.1. The normalized spacial score (nSPS) is 12.8. The highest BCUT2D eigenvalue weighted by Gasteiger charge is 2.36. The van der Waals surface area contributed by atoms with Gasteiger partial charge in [0.25, 0.3) is 0 Å². The Morgan fingerprint density at radius 1 is 0.297 bits per heavy atom. The number of para-hydroxylation sites is 1. The van der Waals surface area contributed by atoms with E-state index in [1.807, 2.05) is 11.8 Å². The van der Waals surface area contributed by atoms with E-state index in [0.29, 0.717) is 0 Å². The first-order chi connectivity index (χ1) is 36.4. The van der Waals surface area contributed by atoms with E-state index in [1.165, 1.54) is 98.1 Å². The average molecular weight is 963 g/mol. The van der Waals surface area contributed by atoms with Crippen molar-refractivity contribution in [3.8, 4) is 55.6 Å². The molecule has 14 rings (SSSR count). The molecule has 12 aromatic rings. The molecule has 350 valence electrons. The summed E-state index contributed by atoms with van der Waals surface area (Å²) in [5.74, 6) is 0. The zero-order chi connectivity index (χ0) is 49.3. The Labute approximate surface area is 437 Å². The molecule has 1 heterocycles. The number of nitrogens with zero attached hydrogens (tertiary/aromatic N) is 2. The highest BCUT2D eigenvalue weighted by molar-refractivity contribution is 7.99. The molecule has 74 heavy (non-hydrogen) atoms. The summed E-state index contributed by atoms with van der Waals surface area (Å²) in [5.41, 5.74) is 21.7. The number of hydrogen-bond acceptors (Lipinski definition) is 3. The molecule has 0 saturated heterocycles. The molecule has 2 aliphatic rings. The predicted molar refractivity (Wildman–Crippen MR) is 314 cm³/mol. The van der Waals surface area contributed by atoms with E-state index >= 15 is 0 Å². The zero-order valence-corrected chi connectivity index (χ0v) is 42.0. The molecule has 0 aromatic heterocycles. The molecule has 0 saturated carbocycles. The summed E-state index contributed by atoms with van der Waals surface area (Å²) in [6.45, 7) is 4.71. The van der Waals surface area contributed by atoms with Gasteiger partial charge in [-0.05, 0) is 156 Å². The minimum absolute atomic E-state index is 0.0799. The second kappa shape index (κ2) is 17.7. The van der Waals surface area contributed by atoms with Crippen LogP contribution in [0.15, 0.2) is 277 Å². The van der Waals surface area contributed by atoms with Crippen LogP contribution < -0.4 is 9.80 Å². The minimum atomic E-state index is -0.0799. The maximum absolute atomic E-state index is 2.48. The van der Waals surface area contributed by atoms with Gasteiger partial charge in [0.1, 0.15) is 0 Å². The standard InChI is InChI=1S/C71H50N2S/c1-71(2)65-26-14-12-24-59(65)63-45-56(40-42-66(63)71)73(67-27-15-13-23-58(67)51-21-10-5-11-22-51)57-39-41-60-64-43-52-33-38-55(44-62(52)61-25-16-28-68(70(61)64)74-69(60)46-57)72(53-34-29-49(30-35-53)47-17-6-3-7-18-47)54-36-31-50(32-37-54)48-19-8-4-9-20-48/h3-46H,1-2H3. The highest BCUT2D eigenvalue weighted by Crippen LogP contribution is 2.54. The molecule has 12 aromatic carbocycles. The van der Waals surface area contributed by atoms with Crippen LogP contribution in [0.25, 0.3) is 77.2 Å². The van der Waals surface area contributed by atoms with Crippen molar-refractivity contribution >= 4 is 67.4 Å². The van der Waals surface area contributed by atoms with Crippen LogP contribution in [-0.4, -0.2) is 0 Å². The molecule has 0 fully saturated rings. The molecule has 2 nitrogen and oxygen atoms in total. The fraction of sp³-hybridized carbons (Fsp3) is 0.0423. The summed E-state index contributed by atoms with van der Waals surface area (Å²) in [4.78, 5) is 7.39. The van der Waals surface area contributed by atoms with Crippen molar-refractivity contribution < 1.29 is 0 Å². The molecular weight excluding hydrogens is 913 g/mol. The van der Waals surface area contributed by atoms with Gasteiger partial charge in [-0.2, -0.15) is 0 Å². The number of fused-ring (bicyclic) bond motifs is 7. The summed E-state index contributed by atoms with van der Waals surface area (Å²) in [5, 5.41) is 5.02. The van der Waals surface area contributed by atoms with E-state index in [-0.39, 0.29) is 5.41 Å². The summed E-state index contributed by atoms with van der Waals surface area (Å²) in [7, 11) is 0. The molecule has 1 aliphatic carbocycles. The Bertz CT molecular complexity index is 4020. The summed E-state index contributed by atoms with van der Waals surface area (Å²) < 4.78 is 0. The van der Waals surface area contributed by atoms with Gasteiger partial charge in [0, 0.05) is 54.6 Å². The van der Waals surface area contributed by atoms with E-state index in [4.69, 9.17) is 0 Å². The predicted octanol–water partition coefficient (Wildman–Crippen LogP) is 20.4. The van der Waals surface area contributed by atoms with Crippen LogP contribution in [0.4, 0.5) is 34.1 Å². The van der Waals surface area contributed by atoms with E-state index in [1.54, 1.807) is 0 Å². The Morgan fingerprint density at radius 3 is 1.51 bits per heavy atom. The molecule has 0 bridgehead atoms. The van der Waals surface area contributed by atoms with E-state index in [2.05, 4.69) is 291 Å². The molecule has 0 radical (unpaired) electrons. The van der Waals surface area contributed by atoms with Crippen LogP contribution in [-0.2, 0) is 5.41 Å². The molecule has 3 heteroatoms. The van der Waals surface area contributed by atoms with Crippen LogP contribution >= 0.6 is 11.8 Å². The van der Waals surface area contributed by atoms with Crippen molar-refractivity contribution in [2.45, 2.75) is 29.1 Å². The Morgan fingerprint density at radius 2 is 0.824 bits per heavy atom. The Hall–Kier alpha value is -8.89. The monoisotopic (exact) mass is 962 g/mol. The number of benzene rings is 12. The number of anilines is 6. The zero-order valence-electron chi connectivity index (χ0n) is 41.2. The van der Waals surface area contributed by atoms with E-state index in [9.17, 15) is 0 Å². The first kappa shape index (κ1) is 43.9. The first-order valence-electron chi connectivity index (χ1n) is 25.6. The SMILES string of the molecule is CC1(C)c2ccccc2-c2cc(N(c3ccc4c(c3)Sc3cccc5c3c-4cc3ccc(N(c4ccc(-c6ccccc6)cc4)c4ccc(-c6ccccc6)cc4)cc35)c3ccccc3-c3ccccc3)ccc21. The quantitative estimate of drug-likeness (QED) is 0.133. The van der Waals surface area contributed by atoms with Crippen LogP contribution in [0.2, 0.25) is 0 Å². The topological polar surface area (TPSA) is 6.48 Å². The largest absolute Gasteiger partial charge is 0.310 e. The molecule has 0 N–H and O–H groups in total. The lowest BCUT2D eigenvalue weighted by Gasteiger charge is -2.30. The smallest absolute Gasteiger partial charge is 0.0540 e. The van der Waals surface area contributed by atoms with Gasteiger partial charge in [0.2, 0.25) is 0 Å². The molecule has 0 unspecified atom stereocenters. The molecule has 0 spiro atoms. The third-order valence-electron chi connectivity index (χ3n) is 15.4. The van der Waals surface area contributed by atoms with Gasteiger partial charge in [0.15, 0.2) is 0 Å². The number of hydrogen-bond donors (Lipinski definition) is 0. The van der Waals surface area contributed by atoms with Gasteiger partial charge < -0.3 is 9.80 Å². The average Bonchev–Trinajstić information content (AvgIpc) is 3.70. The van der Waals surface area contributed by atoms with Crippen molar-refractivity contribution in [1.82, 2.24) is 0 Å². The first-order valence-corrected chi connectivity index (χ1v) is 26.4. The third-order valence-corrected chi connectivity index (χ3v) is 16.6. The van der Waals surface area contributed by atoms with E-state index < -0.39 is 0 Å². The van der Waals surface area contributed by atoms with Gasteiger partial charge in [-0.25, -0.2) is 0 Å². The lowest BCUT2D eigenvalue weighted by atomic mass is 9.82. The van der Waals surface area contributed by atoms with Crippen LogP contribution in [0.5, 0.6) is 0 Å². The summed E-state index contributed by atoms with van der Waals surface area (Å²) in [6, 6.07) is 98.4. The Kier molecular flexibility index (Phi) is 10.5. The van der Waals surface area contributed by atoms with Crippen molar-refractivity contribution in [3.63, 3.8) is 0 Å². The maximum atomic E-state index is 2.48. The maximum Gasteiger partial charge on any atom is 0.0540 e. The van der Waals surface area contributed by atoms with Gasteiger partial charge in [-0.3, -0.25) is 0 Å². The third kappa shape index (κ3) is 7.34. The van der Waals surface area contributed by atoms with E-state index in [0.717, 1.165) is 34.1 Å². The van der Waals surface area contributed by atoms with Crippen LogP contribution in [0, 0.1) is 0 Å². The van der Waals surface area contributed by atoms with Crippen molar-refractivity contribution in [2.24, 2.45) is 0 Å². The lowest BCUT2D eigenvalue weighted by Crippen LogP contribution is -2.15. The highest BCUT2D eigenvalue weighted by atomic mass is 32.2. The fourth-order valence-corrected chi connectivity index (χ4v) is 13.0. The van der Waals surface area contributed by atoms with Gasteiger partial charge in [-0.15, -0.1) is 0 Å². The van der Waals surface area contributed by atoms with Crippen LogP contribution in [0.3, 0.4) is 0 Å². The molecule has 0 atom stereocenters.